The number of aromatic hydroxyl groups is 1. The summed E-state index contributed by atoms with van der Waals surface area (Å²) in [4.78, 5) is 4.62. The van der Waals surface area contributed by atoms with Crippen LogP contribution in [-0.4, -0.2) is 14.7 Å². The molecule has 3 N–H and O–H groups in total. The van der Waals surface area contributed by atoms with Gasteiger partial charge >= 0.3 is 0 Å². The number of aryl methyl sites for hydroxylation is 2. The van der Waals surface area contributed by atoms with E-state index in [9.17, 15) is 5.11 Å². The predicted molar refractivity (Wildman–Crippen MR) is 66.7 cm³/mol. The second-order valence-corrected chi connectivity index (χ2v) is 4.47. The molecule has 88 valence electrons. The number of phenols is 1. The average molecular weight is 229 g/mol. The van der Waals surface area contributed by atoms with E-state index in [1.165, 1.54) is 12.8 Å². The van der Waals surface area contributed by atoms with Crippen molar-refractivity contribution in [2.75, 3.05) is 5.73 Å². The molecule has 1 aromatic carbocycles. The molecule has 0 saturated heterocycles. The molecule has 0 saturated carbocycles. The molecule has 2 aromatic rings. The summed E-state index contributed by atoms with van der Waals surface area (Å²) in [5.74, 6) is 1.27. The molecular weight excluding hydrogens is 214 g/mol. The Morgan fingerprint density at radius 1 is 1.29 bits per heavy atom. The van der Waals surface area contributed by atoms with Crippen molar-refractivity contribution in [1.82, 2.24) is 9.55 Å². The van der Waals surface area contributed by atoms with Crippen molar-refractivity contribution < 1.29 is 5.11 Å². The van der Waals surface area contributed by atoms with Crippen LogP contribution in [0.4, 0.5) is 5.69 Å². The smallest absolute Gasteiger partial charge is 0.138 e. The molecular formula is C13H15N3O. The fourth-order valence-electron chi connectivity index (χ4n) is 2.27. The van der Waals surface area contributed by atoms with Crippen LogP contribution >= 0.6 is 0 Å². The first-order valence-electron chi connectivity index (χ1n) is 5.89. The lowest BCUT2D eigenvalue weighted by molar-refractivity contribution is 0.478. The molecule has 0 radical (unpaired) electrons. The molecule has 0 spiro atoms. The largest absolute Gasteiger partial charge is 0.506 e. The zero-order valence-electron chi connectivity index (χ0n) is 9.56. The monoisotopic (exact) mass is 229 g/mol. The fourth-order valence-corrected chi connectivity index (χ4v) is 2.27. The standard InChI is InChI=1S/C13H15N3O/c14-10-7-9(4-5-12(10)17)11-8-16-6-2-1-3-13(16)15-11/h4-5,7-8,17H,1-3,6,14H2. The van der Waals surface area contributed by atoms with Gasteiger partial charge in [-0.3, -0.25) is 0 Å². The fraction of sp³-hybridized carbons (Fsp3) is 0.308. The van der Waals surface area contributed by atoms with Crippen LogP contribution in [0.2, 0.25) is 0 Å². The highest BCUT2D eigenvalue weighted by Crippen LogP contribution is 2.28. The number of nitrogen functional groups attached to an aromatic ring is 1. The number of benzene rings is 1. The maximum atomic E-state index is 9.40. The van der Waals surface area contributed by atoms with Crippen molar-refractivity contribution in [3.8, 4) is 17.0 Å². The van der Waals surface area contributed by atoms with E-state index in [0.29, 0.717) is 5.69 Å². The number of imidazole rings is 1. The average Bonchev–Trinajstić information content (AvgIpc) is 2.76. The Hall–Kier alpha value is -1.97. The first-order chi connectivity index (χ1) is 8.24. The number of hydrogen-bond donors (Lipinski definition) is 2. The molecule has 3 rings (SSSR count). The molecule has 0 unspecified atom stereocenters. The summed E-state index contributed by atoms with van der Waals surface area (Å²) in [7, 11) is 0. The van der Waals surface area contributed by atoms with Crippen molar-refractivity contribution in [2.24, 2.45) is 0 Å². The van der Waals surface area contributed by atoms with E-state index in [1.807, 2.05) is 6.07 Å². The van der Waals surface area contributed by atoms with Gasteiger partial charge in [-0.05, 0) is 31.0 Å². The van der Waals surface area contributed by atoms with Gasteiger partial charge < -0.3 is 15.4 Å². The second kappa shape index (κ2) is 3.80. The van der Waals surface area contributed by atoms with Gasteiger partial charge in [-0.2, -0.15) is 0 Å². The molecule has 17 heavy (non-hydrogen) atoms. The molecule has 0 amide bonds. The Kier molecular flexibility index (Phi) is 2.28. The lowest BCUT2D eigenvalue weighted by atomic mass is 10.1. The van der Waals surface area contributed by atoms with Gasteiger partial charge in [0, 0.05) is 24.7 Å². The molecule has 0 fully saturated rings. The van der Waals surface area contributed by atoms with Crippen molar-refractivity contribution in [2.45, 2.75) is 25.8 Å². The Morgan fingerprint density at radius 2 is 2.18 bits per heavy atom. The summed E-state index contributed by atoms with van der Waals surface area (Å²) in [5, 5.41) is 9.40. The van der Waals surface area contributed by atoms with Gasteiger partial charge in [0.1, 0.15) is 11.6 Å². The predicted octanol–water partition coefficient (Wildman–Crippen LogP) is 2.17. The quantitative estimate of drug-likeness (QED) is 0.582. The number of rotatable bonds is 1. The third kappa shape index (κ3) is 1.75. The van der Waals surface area contributed by atoms with Crippen LogP contribution in [-0.2, 0) is 13.0 Å². The van der Waals surface area contributed by atoms with E-state index in [1.54, 1.807) is 12.1 Å². The molecule has 1 aliphatic heterocycles. The summed E-state index contributed by atoms with van der Waals surface area (Å²) in [6.45, 7) is 1.05. The van der Waals surface area contributed by atoms with E-state index in [0.717, 1.165) is 30.0 Å². The van der Waals surface area contributed by atoms with Crippen LogP contribution in [0.25, 0.3) is 11.3 Å². The van der Waals surface area contributed by atoms with Gasteiger partial charge in [0.25, 0.3) is 0 Å². The summed E-state index contributed by atoms with van der Waals surface area (Å²) >= 11 is 0. The molecule has 4 heteroatoms. The van der Waals surface area contributed by atoms with Crippen molar-refractivity contribution in [3.63, 3.8) is 0 Å². The maximum Gasteiger partial charge on any atom is 0.138 e. The summed E-state index contributed by atoms with van der Waals surface area (Å²) in [5.41, 5.74) is 7.99. The third-order valence-electron chi connectivity index (χ3n) is 3.23. The van der Waals surface area contributed by atoms with E-state index >= 15 is 0 Å². The minimum atomic E-state index is 0.123. The van der Waals surface area contributed by atoms with Crippen molar-refractivity contribution >= 4 is 5.69 Å². The minimum absolute atomic E-state index is 0.123. The summed E-state index contributed by atoms with van der Waals surface area (Å²) in [6, 6.07) is 5.23. The normalized spacial score (nSPS) is 14.6. The van der Waals surface area contributed by atoms with Gasteiger partial charge in [-0.25, -0.2) is 4.98 Å². The van der Waals surface area contributed by atoms with E-state index < -0.39 is 0 Å². The summed E-state index contributed by atoms with van der Waals surface area (Å²) < 4.78 is 2.21. The lowest BCUT2D eigenvalue weighted by Crippen LogP contribution is -2.08. The van der Waals surface area contributed by atoms with Crippen LogP contribution < -0.4 is 5.73 Å². The Bertz CT molecular complexity index is 536. The van der Waals surface area contributed by atoms with Crippen LogP contribution in [0.15, 0.2) is 24.4 Å². The molecule has 2 heterocycles. The molecule has 0 bridgehead atoms. The number of nitrogens with two attached hydrogens (primary N) is 1. The topological polar surface area (TPSA) is 64.1 Å². The Balaban J connectivity index is 2.03. The van der Waals surface area contributed by atoms with Gasteiger partial charge in [-0.1, -0.05) is 0 Å². The van der Waals surface area contributed by atoms with Gasteiger partial charge in [0.15, 0.2) is 0 Å². The SMILES string of the molecule is Nc1cc(-c2cn3c(n2)CCCC3)ccc1O. The van der Waals surface area contributed by atoms with E-state index in [4.69, 9.17) is 5.73 Å². The van der Waals surface area contributed by atoms with Gasteiger partial charge in [0.2, 0.25) is 0 Å². The number of aromatic nitrogens is 2. The van der Waals surface area contributed by atoms with Crippen molar-refractivity contribution in [3.05, 3.63) is 30.2 Å². The Labute approximate surface area is 99.7 Å². The first-order valence-corrected chi connectivity index (χ1v) is 5.89. The number of phenolic OH excluding ortho intramolecular Hbond substituents is 1. The Morgan fingerprint density at radius 3 is 2.94 bits per heavy atom. The van der Waals surface area contributed by atoms with E-state index in [2.05, 4.69) is 15.7 Å². The van der Waals surface area contributed by atoms with Gasteiger partial charge in [-0.15, -0.1) is 0 Å². The molecule has 1 aromatic heterocycles. The lowest BCUT2D eigenvalue weighted by Gasteiger charge is -2.11. The minimum Gasteiger partial charge on any atom is -0.506 e. The highest BCUT2D eigenvalue weighted by atomic mass is 16.3. The van der Waals surface area contributed by atoms with Crippen LogP contribution in [0, 0.1) is 0 Å². The zero-order valence-corrected chi connectivity index (χ0v) is 9.56. The molecule has 0 aliphatic carbocycles. The molecule has 1 aliphatic rings. The summed E-state index contributed by atoms with van der Waals surface area (Å²) in [6.07, 6.45) is 5.56. The highest BCUT2D eigenvalue weighted by molar-refractivity contribution is 5.67. The van der Waals surface area contributed by atoms with Crippen LogP contribution in [0.3, 0.4) is 0 Å². The zero-order chi connectivity index (χ0) is 11.8. The second-order valence-electron chi connectivity index (χ2n) is 4.47. The number of anilines is 1. The van der Waals surface area contributed by atoms with Gasteiger partial charge in [0.05, 0.1) is 11.4 Å². The van der Waals surface area contributed by atoms with Crippen molar-refractivity contribution in [1.29, 1.82) is 0 Å². The van der Waals surface area contributed by atoms with E-state index in [-0.39, 0.29) is 5.75 Å². The highest BCUT2D eigenvalue weighted by Gasteiger charge is 2.13. The number of hydrogen-bond acceptors (Lipinski definition) is 3. The maximum absolute atomic E-state index is 9.40. The molecule has 4 nitrogen and oxygen atoms in total. The van der Waals surface area contributed by atoms with Crippen LogP contribution in [0.1, 0.15) is 18.7 Å². The number of fused-ring (bicyclic) bond motifs is 1. The van der Waals surface area contributed by atoms with Crippen LogP contribution in [0.5, 0.6) is 5.75 Å². The third-order valence-corrected chi connectivity index (χ3v) is 3.23. The molecule has 0 atom stereocenters. The first kappa shape index (κ1) is 10.2. The number of nitrogens with zero attached hydrogens (tertiary/aromatic N) is 2.